The molecule has 0 aromatic rings. The number of carbonyl (C=O) groups excluding carboxylic acids is 2. The largest absolute Gasteiger partial charge is 0.461 e. The Hall–Kier alpha value is -1.58. The van der Waals surface area contributed by atoms with Crippen molar-refractivity contribution in [2.24, 2.45) is 5.41 Å². The summed E-state index contributed by atoms with van der Waals surface area (Å²) in [6, 6.07) is 0. The van der Waals surface area contributed by atoms with Crippen molar-refractivity contribution in [3.8, 4) is 0 Å². The lowest BCUT2D eigenvalue weighted by molar-refractivity contribution is -0.172. The molecule has 0 aromatic heterocycles. The summed E-state index contributed by atoms with van der Waals surface area (Å²) >= 11 is 0. The SMILES string of the molecule is C=CCOC(=O)C(CC)(CC)C(=O)OCC(=C)C. The molecule has 4 nitrogen and oxygen atoms in total. The second-order valence-electron chi connectivity index (χ2n) is 4.21. The van der Waals surface area contributed by atoms with Gasteiger partial charge in [-0.3, -0.25) is 9.59 Å². The zero-order valence-electron chi connectivity index (χ0n) is 11.5. The van der Waals surface area contributed by atoms with E-state index in [0.29, 0.717) is 12.8 Å². The number of hydrogen-bond donors (Lipinski definition) is 0. The van der Waals surface area contributed by atoms with Crippen LogP contribution in [0.3, 0.4) is 0 Å². The van der Waals surface area contributed by atoms with Crippen LogP contribution in [0.4, 0.5) is 0 Å². The van der Waals surface area contributed by atoms with Crippen LogP contribution in [0, 0.1) is 5.41 Å². The van der Waals surface area contributed by atoms with Gasteiger partial charge in [0.15, 0.2) is 5.41 Å². The molecule has 18 heavy (non-hydrogen) atoms. The third-order valence-corrected chi connectivity index (χ3v) is 2.77. The molecule has 0 saturated heterocycles. The first-order valence-electron chi connectivity index (χ1n) is 6.04. The van der Waals surface area contributed by atoms with Crippen LogP contribution in [0.2, 0.25) is 0 Å². The molecule has 0 unspecified atom stereocenters. The molecular weight excluding hydrogens is 232 g/mol. The second-order valence-corrected chi connectivity index (χ2v) is 4.21. The maximum atomic E-state index is 12.0. The van der Waals surface area contributed by atoms with Gasteiger partial charge in [-0.2, -0.15) is 0 Å². The summed E-state index contributed by atoms with van der Waals surface area (Å²) in [5.41, 5.74) is -0.498. The van der Waals surface area contributed by atoms with Crippen LogP contribution in [0.25, 0.3) is 0 Å². The summed E-state index contributed by atoms with van der Waals surface area (Å²) in [4.78, 5) is 24.0. The lowest BCUT2D eigenvalue weighted by Gasteiger charge is -2.26. The van der Waals surface area contributed by atoms with Gasteiger partial charge < -0.3 is 9.47 Å². The van der Waals surface area contributed by atoms with E-state index in [9.17, 15) is 9.59 Å². The van der Waals surface area contributed by atoms with E-state index in [1.165, 1.54) is 6.08 Å². The van der Waals surface area contributed by atoms with Gasteiger partial charge in [0.25, 0.3) is 0 Å². The van der Waals surface area contributed by atoms with Crippen molar-refractivity contribution in [2.45, 2.75) is 33.6 Å². The first-order chi connectivity index (χ1) is 8.44. The van der Waals surface area contributed by atoms with E-state index >= 15 is 0 Å². The van der Waals surface area contributed by atoms with Crippen LogP contribution in [0.1, 0.15) is 33.6 Å². The third-order valence-electron chi connectivity index (χ3n) is 2.77. The van der Waals surface area contributed by atoms with Crippen molar-refractivity contribution in [2.75, 3.05) is 13.2 Å². The molecular formula is C14H22O4. The summed E-state index contributed by atoms with van der Waals surface area (Å²) in [6.07, 6.45) is 2.15. The number of carbonyl (C=O) groups is 2. The van der Waals surface area contributed by atoms with E-state index in [1.807, 2.05) is 0 Å². The van der Waals surface area contributed by atoms with Gasteiger partial charge in [0, 0.05) is 0 Å². The zero-order chi connectivity index (χ0) is 14.2. The highest BCUT2D eigenvalue weighted by Gasteiger charge is 2.45. The van der Waals surface area contributed by atoms with Crippen molar-refractivity contribution in [3.63, 3.8) is 0 Å². The molecule has 0 bridgehead atoms. The Labute approximate surface area is 109 Å². The zero-order valence-corrected chi connectivity index (χ0v) is 11.5. The number of hydrogen-bond acceptors (Lipinski definition) is 4. The van der Waals surface area contributed by atoms with Crippen LogP contribution in [-0.2, 0) is 19.1 Å². The average molecular weight is 254 g/mol. The van der Waals surface area contributed by atoms with Crippen molar-refractivity contribution < 1.29 is 19.1 Å². The number of rotatable bonds is 8. The fraction of sp³-hybridized carbons (Fsp3) is 0.571. The predicted molar refractivity (Wildman–Crippen MR) is 69.9 cm³/mol. The molecule has 0 rings (SSSR count). The number of ether oxygens (including phenoxy) is 2. The van der Waals surface area contributed by atoms with Gasteiger partial charge in [0.1, 0.15) is 13.2 Å². The quantitative estimate of drug-likeness (QED) is 0.379. The Morgan fingerprint density at radius 1 is 1.17 bits per heavy atom. The molecule has 0 aliphatic carbocycles. The molecule has 0 heterocycles. The summed E-state index contributed by atoms with van der Waals surface area (Å²) in [7, 11) is 0. The Bertz CT molecular complexity index is 327. The van der Waals surface area contributed by atoms with Crippen molar-refractivity contribution in [3.05, 3.63) is 24.8 Å². The van der Waals surface area contributed by atoms with Crippen LogP contribution in [0.5, 0.6) is 0 Å². The van der Waals surface area contributed by atoms with Crippen molar-refractivity contribution in [1.82, 2.24) is 0 Å². The standard InChI is InChI=1S/C14H22O4/c1-6-9-17-12(15)14(7-2,8-3)13(16)18-10-11(4)5/h6H,1,4,7-10H2,2-3,5H3. The minimum Gasteiger partial charge on any atom is -0.461 e. The minimum absolute atomic E-state index is 0.0916. The first-order valence-corrected chi connectivity index (χ1v) is 6.04. The molecule has 0 atom stereocenters. The van der Waals surface area contributed by atoms with E-state index in [2.05, 4.69) is 13.2 Å². The fourth-order valence-electron chi connectivity index (χ4n) is 1.51. The van der Waals surface area contributed by atoms with E-state index in [-0.39, 0.29) is 13.2 Å². The number of esters is 2. The third kappa shape index (κ3) is 4.02. The molecule has 4 heteroatoms. The summed E-state index contributed by atoms with van der Waals surface area (Å²) in [5.74, 6) is -1.11. The first kappa shape index (κ1) is 16.4. The predicted octanol–water partition coefficient (Wildman–Crippen LogP) is 2.64. The topological polar surface area (TPSA) is 52.6 Å². The Balaban J connectivity index is 4.88. The highest BCUT2D eigenvalue weighted by molar-refractivity contribution is 6.00. The average Bonchev–Trinajstić information content (AvgIpc) is 2.35. The second kappa shape index (κ2) is 7.69. The monoisotopic (exact) mass is 254 g/mol. The Kier molecular flexibility index (Phi) is 7.01. The van der Waals surface area contributed by atoms with Crippen LogP contribution in [-0.4, -0.2) is 25.2 Å². The molecule has 102 valence electrons. The lowest BCUT2D eigenvalue weighted by atomic mass is 9.82. The summed E-state index contributed by atoms with van der Waals surface area (Å²) in [6.45, 7) is 12.6. The summed E-state index contributed by atoms with van der Waals surface area (Å²) in [5, 5.41) is 0. The van der Waals surface area contributed by atoms with Crippen molar-refractivity contribution >= 4 is 11.9 Å². The van der Waals surface area contributed by atoms with Gasteiger partial charge in [0.2, 0.25) is 0 Å². The molecule has 0 radical (unpaired) electrons. The highest BCUT2D eigenvalue weighted by atomic mass is 16.6. The maximum Gasteiger partial charge on any atom is 0.323 e. The van der Waals surface area contributed by atoms with Gasteiger partial charge in [-0.25, -0.2) is 0 Å². The highest BCUT2D eigenvalue weighted by Crippen LogP contribution is 2.30. The molecule has 0 spiro atoms. The molecule has 0 aromatic carbocycles. The molecule has 0 aliphatic rings. The van der Waals surface area contributed by atoms with Crippen LogP contribution in [0.15, 0.2) is 24.8 Å². The van der Waals surface area contributed by atoms with Crippen LogP contribution < -0.4 is 0 Å². The molecule has 0 amide bonds. The molecule has 0 fully saturated rings. The maximum absolute atomic E-state index is 12.0. The fourth-order valence-corrected chi connectivity index (χ4v) is 1.51. The van der Waals surface area contributed by atoms with E-state index in [1.54, 1.807) is 20.8 Å². The van der Waals surface area contributed by atoms with Crippen molar-refractivity contribution in [1.29, 1.82) is 0 Å². The van der Waals surface area contributed by atoms with Gasteiger partial charge in [-0.05, 0) is 25.3 Å². The molecule has 0 N–H and O–H groups in total. The van der Waals surface area contributed by atoms with Crippen LogP contribution >= 0.6 is 0 Å². The Morgan fingerprint density at radius 3 is 2.06 bits per heavy atom. The normalized spacial score (nSPS) is 10.6. The minimum atomic E-state index is -1.22. The van der Waals surface area contributed by atoms with E-state index < -0.39 is 17.4 Å². The lowest BCUT2D eigenvalue weighted by Crippen LogP contribution is -2.41. The van der Waals surface area contributed by atoms with Gasteiger partial charge in [-0.15, -0.1) is 0 Å². The molecule has 0 saturated carbocycles. The van der Waals surface area contributed by atoms with Gasteiger partial charge >= 0.3 is 11.9 Å². The van der Waals surface area contributed by atoms with Gasteiger partial charge in [-0.1, -0.05) is 33.1 Å². The smallest absolute Gasteiger partial charge is 0.323 e. The van der Waals surface area contributed by atoms with E-state index in [4.69, 9.17) is 9.47 Å². The van der Waals surface area contributed by atoms with Gasteiger partial charge in [0.05, 0.1) is 0 Å². The van der Waals surface area contributed by atoms with E-state index in [0.717, 1.165) is 5.57 Å². The summed E-state index contributed by atoms with van der Waals surface area (Å²) < 4.78 is 10.1. The Morgan fingerprint density at radius 2 is 1.67 bits per heavy atom. The molecule has 0 aliphatic heterocycles.